The molecule has 120 valence electrons. The van der Waals surface area contributed by atoms with E-state index in [0.717, 1.165) is 5.75 Å². The van der Waals surface area contributed by atoms with Gasteiger partial charge in [-0.25, -0.2) is 5.43 Å². The lowest BCUT2D eigenvalue weighted by molar-refractivity contribution is -0.118. The van der Waals surface area contributed by atoms with Crippen molar-refractivity contribution in [3.05, 3.63) is 69.2 Å². The smallest absolute Gasteiger partial charge is 0.250 e. The number of rotatable bonds is 6. The Morgan fingerprint density at radius 3 is 2.57 bits per heavy atom. The molecule has 0 saturated carbocycles. The van der Waals surface area contributed by atoms with E-state index in [9.17, 15) is 4.79 Å². The van der Waals surface area contributed by atoms with E-state index in [-0.39, 0.29) is 5.91 Å². The molecule has 3 nitrogen and oxygen atoms in total. The van der Waals surface area contributed by atoms with E-state index in [1.54, 1.807) is 30.0 Å². The molecule has 1 amide bonds. The van der Waals surface area contributed by atoms with Crippen LogP contribution in [0.4, 0.5) is 0 Å². The lowest BCUT2D eigenvalue weighted by Gasteiger charge is -2.05. The fourth-order valence-electron chi connectivity index (χ4n) is 1.86. The minimum Gasteiger partial charge on any atom is -0.272 e. The number of carbonyl (C=O) groups is 1. The minimum absolute atomic E-state index is 0.164. The zero-order valence-electron chi connectivity index (χ0n) is 12.6. The number of carbonyl (C=O) groups excluding carboxylic acids is 1. The average molecular weight is 367 g/mol. The zero-order chi connectivity index (χ0) is 16.7. The number of aryl methyl sites for hydroxylation is 1. The van der Waals surface area contributed by atoms with Crippen LogP contribution in [0, 0.1) is 6.92 Å². The van der Waals surface area contributed by atoms with Crippen LogP contribution in [0.5, 0.6) is 0 Å². The molecule has 2 aromatic rings. The number of nitrogens with one attached hydrogen (secondary N) is 1. The van der Waals surface area contributed by atoms with Gasteiger partial charge in [0.1, 0.15) is 0 Å². The summed E-state index contributed by atoms with van der Waals surface area (Å²) in [7, 11) is 0. The van der Waals surface area contributed by atoms with E-state index in [2.05, 4.69) is 29.6 Å². The first-order valence-electron chi connectivity index (χ1n) is 6.96. The van der Waals surface area contributed by atoms with Crippen LogP contribution in [0.15, 0.2) is 47.6 Å². The molecule has 0 bridgehead atoms. The van der Waals surface area contributed by atoms with Crippen LogP contribution >= 0.6 is 35.0 Å². The van der Waals surface area contributed by atoms with Gasteiger partial charge in [0.05, 0.1) is 22.0 Å². The second-order valence-electron chi connectivity index (χ2n) is 4.85. The summed E-state index contributed by atoms with van der Waals surface area (Å²) in [6.07, 6.45) is 1.45. The van der Waals surface area contributed by atoms with Crippen LogP contribution < -0.4 is 5.43 Å². The number of halogens is 2. The molecule has 0 spiro atoms. The van der Waals surface area contributed by atoms with Gasteiger partial charge < -0.3 is 0 Å². The van der Waals surface area contributed by atoms with Crippen molar-refractivity contribution in [2.45, 2.75) is 12.7 Å². The largest absolute Gasteiger partial charge is 0.272 e. The van der Waals surface area contributed by atoms with E-state index in [1.807, 2.05) is 12.1 Å². The quantitative estimate of drug-likeness (QED) is 0.595. The Balaban J connectivity index is 1.79. The molecule has 0 unspecified atom stereocenters. The second-order valence-corrected chi connectivity index (χ2v) is 6.65. The summed E-state index contributed by atoms with van der Waals surface area (Å²) in [4.78, 5) is 11.8. The third-order valence-corrected chi connectivity index (χ3v) is 4.78. The van der Waals surface area contributed by atoms with Gasteiger partial charge in [-0.15, -0.1) is 11.8 Å². The topological polar surface area (TPSA) is 41.5 Å². The van der Waals surface area contributed by atoms with E-state index < -0.39 is 0 Å². The number of nitrogens with zero attached hydrogens (tertiary/aromatic N) is 1. The number of hydrogen-bond acceptors (Lipinski definition) is 3. The molecule has 23 heavy (non-hydrogen) atoms. The molecular formula is C17H16Cl2N2OS. The molecule has 0 aliphatic carbocycles. The lowest BCUT2D eigenvalue weighted by Crippen LogP contribution is -2.19. The van der Waals surface area contributed by atoms with Crippen molar-refractivity contribution in [2.75, 3.05) is 5.75 Å². The van der Waals surface area contributed by atoms with Gasteiger partial charge in [-0.05, 0) is 30.2 Å². The molecular weight excluding hydrogens is 351 g/mol. The van der Waals surface area contributed by atoms with Crippen LogP contribution in [0.2, 0.25) is 10.0 Å². The van der Waals surface area contributed by atoms with Gasteiger partial charge in [0, 0.05) is 11.3 Å². The Kier molecular flexibility index (Phi) is 6.96. The van der Waals surface area contributed by atoms with Crippen LogP contribution in [0.1, 0.15) is 16.7 Å². The average Bonchev–Trinajstić information content (AvgIpc) is 2.52. The van der Waals surface area contributed by atoms with Crippen molar-refractivity contribution in [1.29, 1.82) is 0 Å². The van der Waals surface area contributed by atoms with Gasteiger partial charge in [-0.3, -0.25) is 4.79 Å². The van der Waals surface area contributed by atoms with Crippen molar-refractivity contribution in [1.82, 2.24) is 5.43 Å². The van der Waals surface area contributed by atoms with Gasteiger partial charge in [0.15, 0.2) is 0 Å². The summed E-state index contributed by atoms with van der Waals surface area (Å²) in [6.45, 7) is 2.06. The summed E-state index contributed by atoms with van der Waals surface area (Å²) < 4.78 is 0. The number of benzene rings is 2. The standard InChI is InChI=1S/C17H16Cl2N2OS/c1-12-5-2-3-6-13(12)10-23-11-17(22)21-20-9-14-15(18)7-4-8-16(14)19/h2-9H,10-11H2,1H3,(H,21,22)/b20-9+. The highest BCUT2D eigenvalue weighted by molar-refractivity contribution is 7.99. The number of hydrogen-bond donors (Lipinski definition) is 1. The Labute approximate surface area is 150 Å². The van der Waals surface area contributed by atoms with Crippen LogP contribution in [-0.2, 0) is 10.5 Å². The van der Waals surface area contributed by atoms with E-state index >= 15 is 0 Å². The summed E-state index contributed by atoms with van der Waals surface area (Å²) in [5, 5.41) is 4.88. The maximum Gasteiger partial charge on any atom is 0.250 e. The Bertz CT molecular complexity index is 699. The molecule has 0 fully saturated rings. The molecule has 0 aromatic heterocycles. The molecule has 1 N–H and O–H groups in total. The number of amides is 1. The van der Waals surface area contributed by atoms with Crippen molar-refractivity contribution < 1.29 is 4.79 Å². The highest BCUT2D eigenvalue weighted by Gasteiger charge is 2.04. The van der Waals surface area contributed by atoms with Crippen molar-refractivity contribution in [3.8, 4) is 0 Å². The SMILES string of the molecule is Cc1ccccc1CSCC(=O)N/N=C/c1c(Cl)cccc1Cl. The third-order valence-electron chi connectivity index (χ3n) is 3.13. The van der Waals surface area contributed by atoms with Crippen molar-refractivity contribution in [3.63, 3.8) is 0 Å². The predicted octanol–water partition coefficient (Wildman–Crippen LogP) is 4.69. The van der Waals surface area contributed by atoms with E-state index in [4.69, 9.17) is 23.2 Å². The van der Waals surface area contributed by atoms with Gasteiger partial charge in [-0.2, -0.15) is 5.10 Å². The fourth-order valence-corrected chi connectivity index (χ4v) is 3.25. The first kappa shape index (κ1) is 17.9. The van der Waals surface area contributed by atoms with Crippen LogP contribution in [0.3, 0.4) is 0 Å². The predicted molar refractivity (Wildman–Crippen MR) is 99.5 cm³/mol. The summed E-state index contributed by atoms with van der Waals surface area (Å²) in [5.41, 5.74) is 5.53. The first-order chi connectivity index (χ1) is 11.1. The molecule has 2 aromatic carbocycles. The highest BCUT2D eigenvalue weighted by Crippen LogP contribution is 2.22. The normalized spacial score (nSPS) is 10.9. The summed E-state index contributed by atoms with van der Waals surface area (Å²) >= 11 is 13.6. The first-order valence-corrected chi connectivity index (χ1v) is 8.87. The van der Waals surface area contributed by atoms with Crippen LogP contribution in [-0.4, -0.2) is 17.9 Å². The van der Waals surface area contributed by atoms with Crippen molar-refractivity contribution in [2.24, 2.45) is 5.10 Å². The Morgan fingerprint density at radius 1 is 1.17 bits per heavy atom. The van der Waals surface area contributed by atoms with Gasteiger partial charge in [0.25, 0.3) is 0 Å². The zero-order valence-corrected chi connectivity index (χ0v) is 14.9. The fraction of sp³-hybridized carbons (Fsp3) is 0.176. The van der Waals surface area contributed by atoms with E-state index in [0.29, 0.717) is 21.4 Å². The summed E-state index contributed by atoms with van der Waals surface area (Å²) in [6, 6.07) is 13.3. The third kappa shape index (κ3) is 5.57. The minimum atomic E-state index is -0.164. The lowest BCUT2D eigenvalue weighted by atomic mass is 10.1. The Hall–Kier alpha value is -1.49. The van der Waals surface area contributed by atoms with Gasteiger partial charge in [0.2, 0.25) is 5.91 Å². The van der Waals surface area contributed by atoms with E-state index in [1.165, 1.54) is 17.3 Å². The molecule has 6 heteroatoms. The molecule has 0 aliphatic heterocycles. The van der Waals surface area contributed by atoms with Gasteiger partial charge in [-0.1, -0.05) is 53.5 Å². The molecule has 0 atom stereocenters. The highest BCUT2D eigenvalue weighted by atomic mass is 35.5. The van der Waals surface area contributed by atoms with Crippen molar-refractivity contribution >= 4 is 47.1 Å². The summed E-state index contributed by atoms with van der Waals surface area (Å²) in [5.74, 6) is 0.963. The number of thioether (sulfide) groups is 1. The molecule has 0 saturated heterocycles. The molecule has 0 aliphatic rings. The van der Waals surface area contributed by atoms with Gasteiger partial charge >= 0.3 is 0 Å². The maximum atomic E-state index is 11.8. The molecule has 0 heterocycles. The number of hydrazone groups is 1. The molecule has 0 radical (unpaired) electrons. The molecule has 2 rings (SSSR count). The monoisotopic (exact) mass is 366 g/mol. The second kappa shape index (κ2) is 8.96. The van der Waals surface area contributed by atoms with Crippen LogP contribution in [0.25, 0.3) is 0 Å². The maximum absolute atomic E-state index is 11.8. The Morgan fingerprint density at radius 2 is 1.87 bits per heavy atom.